The van der Waals surface area contributed by atoms with Crippen LogP contribution in [0.5, 0.6) is 0 Å². The number of aryl methyl sites for hydroxylation is 1. The van der Waals surface area contributed by atoms with Gasteiger partial charge in [0, 0.05) is 18.0 Å². The Balaban J connectivity index is 0.00000220. The van der Waals surface area contributed by atoms with Gasteiger partial charge in [0.15, 0.2) is 0 Å². The molecule has 3 N–H and O–H groups in total. The third kappa shape index (κ3) is 6.06. The van der Waals surface area contributed by atoms with Crippen LogP contribution in [0.3, 0.4) is 0 Å². The summed E-state index contributed by atoms with van der Waals surface area (Å²) in [6.07, 6.45) is 5.97. The number of nitrogens with two attached hydrogens (primary N) is 1. The Morgan fingerprint density at radius 1 is 1.33 bits per heavy atom. The molecule has 2 rings (SSSR count). The summed E-state index contributed by atoms with van der Waals surface area (Å²) in [7, 11) is 0. The van der Waals surface area contributed by atoms with Crippen molar-refractivity contribution in [2.24, 2.45) is 11.7 Å². The SMILES string of the molecule is CC(CCc1ccccc1)NC(=O)C1CCCC(N)C1.Cl. The molecule has 1 aromatic rings. The van der Waals surface area contributed by atoms with Crippen LogP contribution >= 0.6 is 12.4 Å². The lowest BCUT2D eigenvalue weighted by molar-refractivity contribution is -0.126. The molecule has 3 atom stereocenters. The zero-order valence-electron chi connectivity index (χ0n) is 12.8. The predicted molar refractivity (Wildman–Crippen MR) is 89.5 cm³/mol. The van der Waals surface area contributed by atoms with E-state index in [9.17, 15) is 4.79 Å². The van der Waals surface area contributed by atoms with Crippen LogP contribution in [0.1, 0.15) is 44.6 Å². The van der Waals surface area contributed by atoms with Gasteiger partial charge in [0.05, 0.1) is 0 Å². The van der Waals surface area contributed by atoms with Crippen molar-refractivity contribution in [1.29, 1.82) is 0 Å². The molecule has 3 unspecified atom stereocenters. The number of hydrogen-bond acceptors (Lipinski definition) is 2. The molecule has 0 aromatic heterocycles. The summed E-state index contributed by atoms with van der Waals surface area (Å²) >= 11 is 0. The lowest BCUT2D eigenvalue weighted by atomic mass is 9.85. The fourth-order valence-electron chi connectivity index (χ4n) is 2.93. The van der Waals surface area contributed by atoms with E-state index in [1.165, 1.54) is 5.56 Å². The van der Waals surface area contributed by atoms with Crippen molar-refractivity contribution in [2.45, 2.75) is 57.5 Å². The Labute approximate surface area is 134 Å². The number of halogens is 1. The maximum absolute atomic E-state index is 12.2. The number of nitrogens with one attached hydrogen (secondary N) is 1. The first kappa shape index (κ1) is 18.0. The van der Waals surface area contributed by atoms with Gasteiger partial charge in [0.1, 0.15) is 0 Å². The molecule has 1 aromatic carbocycles. The minimum atomic E-state index is 0. The smallest absolute Gasteiger partial charge is 0.223 e. The second-order valence-electron chi connectivity index (χ2n) is 6.06. The monoisotopic (exact) mass is 310 g/mol. The summed E-state index contributed by atoms with van der Waals surface area (Å²) in [6.45, 7) is 2.09. The second-order valence-corrected chi connectivity index (χ2v) is 6.06. The molecule has 1 aliphatic carbocycles. The first-order valence-electron chi connectivity index (χ1n) is 7.75. The average Bonchev–Trinajstić information content (AvgIpc) is 2.46. The highest BCUT2D eigenvalue weighted by Gasteiger charge is 2.25. The molecule has 21 heavy (non-hydrogen) atoms. The van der Waals surface area contributed by atoms with Gasteiger partial charge in [-0.25, -0.2) is 0 Å². The molecule has 0 spiro atoms. The van der Waals surface area contributed by atoms with Crippen molar-refractivity contribution in [3.05, 3.63) is 35.9 Å². The van der Waals surface area contributed by atoms with E-state index >= 15 is 0 Å². The summed E-state index contributed by atoms with van der Waals surface area (Å²) < 4.78 is 0. The molecule has 0 saturated heterocycles. The number of hydrogen-bond donors (Lipinski definition) is 2. The average molecular weight is 311 g/mol. The molecule has 1 amide bonds. The van der Waals surface area contributed by atoms with Crippen LogP contribution in [-0.2, 0) is 11.2 Å². The van der Waals surface area contributed by atoms with E-state index in [0.717, 1.165) is 38.5 Å². The Kier molecular flexibility index (Phi) is 7.76. The Hall–Kier alpha value is -1.06. The molecule has 1 saturated carbocycles. The van der Waals surface area contributed by atoms with Crippen LogP contribution in [0.2, 0.25) is 0 Å². The number of carbonyl (C=O) groups excluding carboxylic acids is 1. The number of amides is 1. The van der Waals surface area contributed by atoms with Gasteiger partial charge in [-0.1, -0.05) is 36.8 Å². The quantitative estimate of drug-likeness (QED) is 0.878. The topological polar surface area (TPSA) is 55.1 Å². The van der Waals surface area contributed by atoms with Crippen molar-refractivity contribution in [2.75, 3.05) is 0 Å². The molecule has 1 aliphatic rings. The Morgan fingerprint density at radius 3 is 2.71 bits per heavy atom. The van der Waals surface area contributed by atoms with Crippen molar-refractivity contribution in [3.63, 3.8) is 0 Å². The van der Waals surface area contributed by atoms with Crippen molar-refractivity contribution in [1.82, 2.24) is 5.32 Å². The van der Waals surface area contributed by atoms with E-state index in [0.29, 0.717) is 0 Å². The van der Waals surface area contributed by atoms with Crippen molar-refractivity contribution < 1.29 is 4.79 Å². The van der Waals surface area contributed by atoms with E-state index in [1.54, 1.807) is 0 Å². The van der Waals surface area contributed by atoms with Crippen LogP contribution in [0.4, 0.5) is 0 Å². The highest BCUT2D eigenvalue weighted by atomic mass is 35.5. The van der Waals surface area contributed by atoms with Gasteiger partial charge in [0.2, 0.25) is 5.91 Å². The first-order valence-corrected chi connectivity index (χ1v) is 7.75. The molecular formula is C17H27ClN2O. The zero-order chi connectivity index (χ0) is 14.4. The van der Waals surface area contributed by atoms with Crippen LogP contribution in [0, 0.1) is 5.92 Å². The molecule has 0 heterocycles. The highest BCUT2D eigenvalue weighted by Crippen LogP contribution is 2.23. The van der Waals surface area contributed by atoms with Gasteiger partial charge >= 0.3 is 0 Å². The molecule has 0 aliphatic heterocycles. The largest absolute Gasteiger partial charge is 0.353 e. The molecule has 4 heteroatoms. The van der Waals surface area contributed by atoms with Crippen LogP contribution < -0.4 is 11.1 Å². The first-order chi connectivity index (χ1) is 9.65. The maximum Gasteiger partial charge on any atom is 0.223 e. The van der Waals surface area contributed by atoms with E-state index < -0.39 is 0 Å². The zero-order valence-corrected chi connectivity index (χ0v) is 13.6. The molecular weight excluding hydrogens is 284 g/mol. The van der Waals surface area contributed by atoms with Crippen LogP contribution in [0.15, 0.2) is 30.3 Å². The fraction of sp³-hybridized carbons (Fsp3) is 0.588. The summed E-state index contributed by atoms with van der Waals surface area (Å²) in [5.74, 6) is 0.318. The van der Waals surface area contributed by atoms with Crippen LogP contribution in [0.25, 0.3) is 0 Å². The summed E-state index contributed by atoms with van der Waals surface area (Å²) in [5.41, 5.74) is 7.28. The number of benzene rings is 1. The van der Waals surface area contributed by atoms with E-state index in [2.05, 4.69) is 36.5 Å². The molecule has 1 fully saturated rings. The minimum Gasteiger partial charge on any atom is -0.353 e. The standard InChI is InChI=1S/C17H26N2O.ClH/c1-13(10-11-14-6-3-2-4-7-14)19-17(20)15-8-5-9-16(18)12-15;/h2-4,6-7,13,15-16H,5,8-12,18H2,1H3,(H,19,20);1H. The Bertz CT molecular complexity index is 424. The van der Waals surface area contributed by atoms with Gasteiger partial charge in [-0.15, -0.1) is 12.4 Å². The predicted octanol–water partition coefficient (Wildman–Crippen LogP) is 3.06. The van der Waals surface area contributed by atoms with Crippen molar-refractivity contribution in [3.8, 4) is 0 Å². The summed E-state index contributed by atoms with van der Waals surface area (Å²) in [5, 5.41) is 3.15. The molecule has 0 bridgehead atoms. The lowest BCUT2D eigenvalue weighted by Gasteiger charge is -2.27. The third-order valence-corrected chi connectivity index (χ3v) is 4.18. The molecule has 0 radical (unpaired) electrons. The Morgan fingerprint density at radius 2 is 2.05 bits per heavy atom. The lowest BCUT2D eigenvalue weighted by Crippen LogP contribution is -2.41. The second kappa shape index (κ2) is 9.06. The van der Waals surface area contributed by atoms with Gasteiger partial charge in [-0.2, -0.15) is 0 Å². The molecule has 118 valence electrons. The van der Waals surface area contributed by atoms with Gasteiger partial charge in [-0.05, 0) is 44.6 Å². The number of rotatable bonds is 5. The maximum atomic E-state index is 12.2. The van der Waals surface area contributed by atoms with Gasteiger partial charge < -0.3 is 11.1 Å². The van der Waals surface area contributed by atoms with Gasteiger partial charge in [0.25, 0.3) is 0 Å². The van der Waals surface area contributed by atoms with Crippen LogP contribution in [-0.4, -0.2) is 18.0 Å². The van der Waals surface area contributed by atoms with Gasteiger partial charge in [-0.3, -0.25) is 4.79 Å². The summed E-state index contributed by atoms with van der Waals surface area (Å²) in [4.78, 5) is 12.2. The van der Waals surface area contributed by atoms with E-state index in [-0.39, 0.29) is 36.3 Å². The normalized spacial score (nSPS) is 23.0. The van der Waals surface area contributed by atoms with E-state index in [1.807, 2.05) is 6.07 Å². The minimum absolute atomic E-state index is 0. The third-order valence-electron chi connectivity index (χ3n) is 4.18. The highest BCUT2D eigenvalue weighted by molar-refractivity contribution is 5.85. The summed E-state index contributed by atoms with van der Waals surface area (Å²) in [6, 6.07) is 10.8. The fourth-order valence-corrected chi connectivity index (χ4v) is 2.93. The van der Waals surface area contributed by atoms with Crippen molar-refractivity contribution >= 4 is 18.3 Å². The van der Waals surface area contributed by atoms with E-state index in [4.69, 9.17) is 5.73 Å². The molecule has 3 nitrogen and oxygen atoms in total. The number of carbonyl (C=O) groups is 1.